The number of aryl methyl sites for hydroxylation is 1. The van der Waals surface area contributed by atoms with E-state index in [9.17, 15) is 9.59 Å². The Labute approximate surface area is 81.3 Å². The maximum atomic E-state index is 11.0. The molecule has 0 bridgehead atoms. The number of hydrogen-bond donors (Lipinski definition) is 1. The summed E-state index contributed by atoms with van der Waals surface area (Å²) in [5.74, 6) is 0. The van der Waals surface area contributed by atoms with Crippen LogP contribution in [0.3, 0.4) is 0 Å². The van der Waals surface area contributed by atoms with Crippen LogP contribution in [0.2, 0.25) is 0 Å². The molecule has 1 aromatic rings. The minimum absolute atomic E-state index is 0.0770. The normalized spacial score (nSPS) is 9.57. The van der Waals surface area contributed by atoms with Crippen LogP contribution in [-0.2, 0) is 18.3 Å². The van der Waals surface area contributed by atoms with Crippen LogP contribution in [0.5, 0.6) is 0 Å². The molecule has 0 spiro atoms. The minimum Gasteiger partial charge on any atom is -0.453 e. The Morgan fingerprint density at radius 1 is 1.57 bits per heavy atom. The first-order valence-corrected chi connectivity index (χ1v) is 4.11. The van der Waals surface area contributed by atoms with Gasteiger partial charge in [0.15, 0.2) is 0 Å². The molecule has 0 unspecified atom stereocenters. The van der Waals surface area contributed by atoms with Gasteiger partial charge in [0.25, 0.3) is 0 Å². The molecule has 0 saturated carbocycles. The molecular weight excluding hydrogens is 184 g/mol. The van der Waals surface area contributed by atoms with E-state index in [4.69, 9.17) is 0 Å². The lowest BCUT2D eigenvalue weighted by molar-refractivity contribution is 0.170. The van der Waals surface area contributed by atoms with Gasteiger partial charge >= 0.3 is 6.09 Å². The van der Waals surface area contributed by atoms with Crippen LogP contribution >= 0.6 is 0 Å². The second kappa shape index (κ2) is 4.45. The van der Waals surface area contributed by atoms with Crippen molar-refractivity contribution in [2.45, 2.75) is 6.54 Å². The van der Waals surface area contributed by atoms with E-state index in [1.54, 1.807) is 19.3 Å². The van der Waals surface area contributed by atoms with Crippen molar-refractivity contribution in [2.24, 2.45) is 7.05 Å². The fraction of sp³-hybridized carbons (Fsp3) is 0.333. The third-order valence-electron chi connectivity index (χ3n) is 1.77. The smallest absolute Gasteiger partial charge is 0.407 e. The van der Waals surface area contributed by atoms with E-state index < -0.39 is 6.09 Å². The Morgan fingerprint density at radius 2 is 2.29 bits per heavy atom. The lowest BCUT2D eigenvalue weighted by atomic mass is 10.3. The van der Waals surface area contributed by atoms with Crippen LogP contribution < -0.4 is 10.9 Å². The number of carbonyl (C=O) groups is 1. The molecule has 0 fully saturated rings. The molecular formula is C9H12N2O3. The predicted molar refractivity (Wildman–Crippen MR) is 50.9 cm³/mol. The van der Waals surface area contributed by atoms with Crippen molar-refractivity contribution >= 4 is 6.09 Å². The Kier molecular flexibility index (Phi) is 3.28. The number of amides is 1. The summed E-state index contributed by atoms with van der Waals surface area (Å²) in [6, 6.07) is 3.12. The highest BCUT2D eigenvalue weighted by Crippen LogP contribution is 1.93. The SMILES string of the molecule is COC(=O)NCc1ccc(=O)n(C)c1. The van der Waals surface area contributed by atoms with Crippen molar-refractivity contribution in [2.75, 3.05) is 7.11 Å². The van der Waals surface area contributed by atoms with E-state index in [0.29, 0.717) is 6.54 Å². The minimum atomic E-state index is -0.487. The monoisotopic (exact) mass is 196 g/mol. The summed E-state index contributed by atoms with van der Waals surface area (Å²) in [4.78, 5) is 21.8. The number of hydrogen-bond acceptors (Lipinski definition) is 3. The third-order valence-corrected chi connectivity index (χ3v) is 1.77. The average Bonchev–Trinajstić information content (AvgIpc) is 2.19. The summed E-state index contributed by atoms with van der Waals surface area (Å²) in [5.41, 5.74) is 0.768. The number of rotatable bonds is 2. The van der Waals surface area contributed by atoms with Crippen LogP contribution in [0.4, 0.5) is 4.79 Å². The van der Waals surface area contributed by atoms with Crippen molar-refractivity contribution in [3.05, 3.63) is 34.2 Å². The van der Waals surface area contributed by atoms with Gasteiger partial charge in [0.1, 0.15) is 0 Å². The average molecular weight is 196 g/mol. The first-order valence-electron chi connectivity index (χ1n) is 4.11. The maximum absolute atomic E-state index is 11.0. The second-order valence-corrected chi connectivity index (χ2v) is 2.83. The highest BCUT2D eigenvalue weighted by atomic mass is 16.5. The number of nitrogens with one attached hydrogen (secondary N) is 1. The number of nitrogens with zero attached hydrogens (tertiary/aromatic N) is 1. The number of alkyl carbamates (subject to hydrolysis) is 1. The number of methoxy groups -OCH3 is 1. The number of carbonyl (C=O) groups excluding carboxylic acids is 1. The van der Waals surface area contributed by atoms with Crippen molar-refractivity contribution in [3.63, 3.8) is 0 Å². The summed E-state index contributed by atoms with van der Waals surface area (Å²) in [5, 5.41) is 2.52. The molecule has 14 heavy (non-hydrogen) atoms. The third kappa shape index (κ3) is 2.62. The van der Waals surface area contributed by atoms with Gasteiger partial charge < -0.3 is 14.6 Å². The molecule has 0 atom stereocenters. The fourth-order valence-electron chi connectivity index (χ4n) is 1.00. The molecule has 1 amide bonds. The molecule has 1 heterocycles. The van der Waals surface area contributed by atoms with Gasteiger partial charge in [0, 0.05) is 25.9 Å². The zero-order chi connectivity index (χ0) is 10.6. The highest BCUT2D eigenvalue weighted by molar-refractivity contribution is 5.66. The summed E-state index contributed by atoms with van der Waals surface area (Å²) in [6.07, 6.45) is 1.18. The van der Waals surface area contributed by atoms with E-state index in [-0.39, 0.29) is 5.56 Å². The number of ether oxygens (including phenoxy) is 1. The van der Waals surface area contributed by atoms with Gasteiger partial charge in [0.2, 0.25) is 5.56 Å². The molecule has 0 saturated heterocycles. The van der Waals surface area contributed by atoms with E-state index in [0.717, 1.165) is 5.56 Å². The highest BCUT2D eigenvalue weighted by Gasteiger charge is 1.99. The van der Waals surface area contributed by atoms with E-state index in [1.807, 2.05) is 0 Å². The zero-order valence-corrected chi connectivity index (χ0v) is 8.11. The molecule has 5 heteroatoms. The summed E-state index contributed by atoms with van der Waals surface area (Å²) in [7, 11) is 2.96. The van der Waals surface area contributed by atoms with Crippen LogP contribution in [-0.4, -0.2) is 17.8 Å². The van der Waals surface area contributed by atoms with Crippen LogP contribution in [0.1, 0.15) is 5.56 Å². The van der Waals surface area contributed by atoms with E-state index >= 15 is 0 Å². The van der Waals surface area contributed by atoms with Gasteiger partial charge in [0.05, 0.1) is 7.11 Å². The van der Waals surface area contributed by atoms with Crippen molar-refractivity contribution in [3.8, 4) is 0 Å². The molecule has 0 aliphatic heterocycles. The van der Waals surface area contributed by atoms with E-state index in [1.165, 1.54) is 17.7 Å². The fourth-order valence-corrected chi connectivity index (χ4v) is 1.00. The van der Waals surface area contributed by atoms with Gasteiger partial charge in [-0.1, -0.05) is 6.07 Å². The van der Waals surface area contributed by atoms with Crippen LogP contribution in [0.25, 0.3) is 0 Å². The Balaban J connectivity index is 2.64. The molecule has 1 rings (SSSR count). The summed E-state index contributed by atoms with van der Waals surface area (Å²) < 4.78 is 5.86. The molecule has 76 valence electrons. The largest absolute Gasteiger partial charge is 0.453 e. The molecule has 1 aromatic heterocycles. The van der Waals surface area contributed by atoms with Crippen LogP contribution in [0, 0.1) is 0 Å². The molecule has 5 nitrogen and oxygen atoms in total. The second-order valence-electron chi connectivity index (χ2n) is 2.83. The van der Waals surface area contributed by atoms with Crippen molar-refractivity contribution in [1.29, 1.82) is 0 Å². The maximum Gasteiger partial charge on any atom is 0.407 e. The summed E-state index contributed by atoms with van der Waals surface area (Å²) in [6.45, 7) is 0.348. The summed E-state index contributed by atoms with van der Waals surface area (Å²) >= 11 is 0. The molecule has 0 aromatic carbocycles. The molecule has 1 N–H and O–H groups in total. The Hall–Kier alpha value is -1.78. The van der Waals surface area contributed by atoms with Crippen molar-refractivity contribution < 1.29 is 9.53 Å². The Bertz CT molecular complexity index is 384. The molecule has 0 aliphatic rings. The van der Waals surface area contributed by atoms with Gasteiger partial charge in [-0.3, -0.25) is 4.79 Å². The van der Waals surface area contributed by atoms with Gasteiger partial charge in [-0.2, -0.15) is 0 Å². The van der Waals surface area contributed by atoms with Gasteiger partial charge in [-0.15, -0.1) is 0 Å². The van der Waals surface area contributed by atoms with Crippen LogP contribution in [0.15, 0.2) is 23.1 Å². The molecule has 0 radical (unpaired) electrons. The number of pyridine rings is 1. The topological polar surface area (TPSA) is 60.3 Å². The quantitative estimate of drug-likeness (QED) is 0.737. The standard InChI is InChI=1S/C9H12N2O3/c1-11-6-7(3-4-8(11)12)5-10-9(13)14-2/h3-4,6H,5H2,1-2H3,(H,10,13). The molecule has 0 aliphatic carbocycles. The lowest BCUT2D eigenvalue weighted by Crippen LogP contribution is -2.23. The number of aromatic nitrogens is 1. The van der Waals surface area contributed by atoms with Gasteiger partial charge in [-0.05, 0) is 5.56 Å². The first kappa shape index (κ1) is 10.3. The first-order chi connectivity index (χ1) is 6.63. The Morgan fingerprint density at radius 3 is 2.86 bits per heavy atom. The van der Waals surface area contributed by atoms with Crippen molar-refractivity contribution in [1.82, 2.24) is 9.88 Å². The van der Waals surface area contributed by atoms with E-state index in [2.05, 4.69) is 10.1 Å². The zero-order valence-electron chi connectivity index (χ0n) is 8.11. The van der Waals surface area contributed by atoms with Gasteiger partial charge in [-0.25, -0.2) is 4.79 Å². The lowest BCUT2D eigenvalue weighted by Gasteiger charge is -2.04. The predicted octanol–water partition coefficient (Wildman–Crippen LogP) is 0.241.